The molecule has 2 rings (SSSR count). The molecular formula is C13H20N4O. The summed E-state index contributed by atoms with van der Waals surface area (Å²) in [5, 5.41) is 4.81. The van der Waals surface area contributed by atoms with E-state index in [1.54, 1.807) is 0 Å². The third kappa shape index (κ3) is 4.01. The summed E-state index contributed by atoms with van der Waals surface area (Å²) in [6.45, 7) is 4.27. The van der Waals surface area contributed by atoms with Crippen molar-refractivity contribution < 1.29 is 4.79 Å². The third-order valence-electron chi connectivity index (χ3n) is 3.06. The Bertz CT molecular complexity index is 374. The van der Waals surface area contributed by atoms with E-state index in [4.69, 9.17) is 0 Å². The monoisotopic (exact) mass is 248 g/mol. The summed E-state index contributed by atoms with van der Waals surface area (Å²) >= 11 is 0. The molecule has 1 aromatic carbocycles. The largest absolute Gasteiger partial charge is 0.333 e. The van der Waals surface area contributed by atoms with Gasteiger partial charge in [0.05, 0.1) is 0 Å². The van der Waals surface area contributed by atoms with Crippen LogP contribution < -0.4 is 10.7 Å². The van der Waals surface area contributed by atoms with Crippen molar-refractivity contribution in [2.45, 2.75) is 6.54 Å². The van der Waals surface area contributed by atoms with Crippen molar-refractivity contribution in [3.63, 3.8) is 0 Å². The molecule has 0 aromatic heterocycles. The lowest BCUT2D eigenvalue weighted by Gasteiger charge is -2.32. The summed E-state index contributed by atoms with van der Waals surface area (Å²) in [6.07, 6.45) is 0. The first-order valence-electron chi connectivity index (χ1n) is 6.26. The smallest absolute Gasteiger partial charge is 0.329 e. The number of carbonyl (C=O) groups is 1. The second-order valence-electron chi connectivity index (χ2n) is 4.57. The van der Waals surface area contributed by atoms with Crippen LogP contribution in [-0.4, -0.2) is 49.2 Å². The molecule has 5 heteroatoms. The quantitative estimate of drug-likeness (QED) is 0.825. The third-order valence-corrected chi connectivity index (χ3v) is 3.06. The van der Waals surface area contributed by atoms with Crippen LogP contribution in [0, 0.1) is 0 Å². The summed E-state index contributed by atoms with van der Waals surface area (Å²) in [7, 11) is 2.09. The minimum Gasteiger partial charge on any atom is -0.333 e. The van der Waals surface area contributed by atoms with E-state index in [-0.39, 0.29) is 6.03 Å². The SMILES string of the molecule is CN1CCN(NC(=O)NCc2ccccc2)CC1. The zero-order valence-corrected chi connectivity index (χ0v) is 10.7. The highest BCUT2D eigenvalue weighted by molar-refractivity contribution is 5.73. The van der Waals surface area contributed by atoms with Crippen molar-refractivity contribution in [2.75, 3.05) is 33.2 Å². The van der Waals surface area contributed by atoms with Gasteiger partial charge in [0.1, 0.15) is 0 Å². The van der Waals surface area contributed by atoms with Crippen molar-refractivity contribution in [3.8, 4) is 0 Å². The fourth-order valence-electron chi connectivity index (χ4n) is 1.88. The number of rotatable bonds is 3. The average Bonchev–Trinajstić information content (AvgIpc) is 2.40. The predicted molar refractivity (Wildman–Crippen MR) is 70.9 cm³/mol. The normalized spacial score (nSPS) is 17.4. The maximum atomic E-state index is 11.7. The zero-order chi connectivity index (χ0) is 12.8. The number of hydrogen-bond donors (Lipinski definition) is 2. The van der Waals surface area contributed by atoms with E-state index in [9.17, 15) is 4.79 Å². The summed E-state index contributed by atoms with van der Waals surface area (Å²) in [5.74, 6) is 0. The summed E-state index contributed by atoms with van der Waals surface area (Å²) in [6, 6.07) is 9.76. The van der Waals surface area contributed by atoms with Gasteiger partial charge in [-0.25, -0.2) is 9.80 Å². The standard InChI is InChI=1S/C13H20N4O/c1-16-7-9-17(10-8-16)15-13(18)14-11-12-5-3-2-4-6-12/h2-6H,7-11H2,1H3,(H2,14,15,18). The first-order chi connectivity index (χ1) is 8.74. The second-order valence-corrected chi connectivity index (χ2v) is 4.57. The molecule has 0 bridgehead atoms. The van der Waals surface area contributed by atoms with Gasteiger partial charge in [-0.2, -0.15) is 0 Å². The fourth-order valence-corrected chi connectivity index (χ4v) is 1.88. The number of likely N-dealkylation sites (N-methyl/N-ethyl adjacent to an activating group) is 1. The van der Waals surface area contributed by atoms with Gasteiger partial charge in [0, 0.05) is 32.7 Å². The van der Waals surface area contributed by atoms with Gasteiger partial charge in [0.15, 0.2) is 0 Å². The van der Waals surface area contributed by atoms with Crippen molar-refractivity contribution in [1.82, 2.24) is 20.7 Å². The topological polar surface area (TPSA) is 47.6 Å². The number of carbonyl (C=O) groups excluding carboxylic acids is 1. The van der Waals surface area contributed by atoms with E-state index in [1.165, 1.54) is 0 Å². The highest BCUT2D eigenvalue weighted by Gasteiger charge is 2.15. The van der Waals surface area contributed by atoms with Crippen LogP contribution in [0.5, 0.6) is 0 Å². The van der Waals surface area contributed by atoms with E-state index in [0.29, 0.717) is 6.54 Å². The van der Waals surface area contributed by atoms with E-state index in [1.807, 2.05) is 35.3 Å². The molecule has 5 nitrogen and oxygen atoms in total. The number of amides is 2. The van der Waals surface area contributed by atoms with Gasteiger partial charge in [-0.1, -0.05) is 30.3 Å². The van der Waals surface area contributed by atoms with Crippen LogP contribution in [0.3, 0.4) is 0 Å². The maximum Gasteiger partial charge on any atom is 0.329 e. The molecule has 1 aliphatic heterocycles. The van der Waals surface area contributed by atoms with Crippen LogP contribution in [-0.2, 0) is 6.54 Å². The van der Waals surface area contributed by atoms with Crippen LogP contribution in [0.1, 0.15) is 5.56 Å². The average molecular weight is 248 g/mol. The molecule has 1 aliphatic rings. The second kappa shape index (κ2) is 6.37. The van der Waals surface area contributed by atoms with Gasteiger partial charge in [-0.05, 0) is 12.6 Å². The van der Waals surface area contributed by atoms with Crippen LogP contribution >= 0.6 is 0 Å². The molecule has 1 aromatic rings. The lowest BCUT2D eigenvalue weighted by Crippen LogP contribution is -2.54. The van der Waals surface area contributed by atoms with Gasteiger partial charge in [-0.15, -0.1) is 0 Å². The molecule has 1 saturated heterocycles. The number of nitrogens with one attached hydrogen (secondary N) is 2. The fraction of sp³-hybridized carbons (Fsp3) is 0.462. The highest BCUT2D eigenvalue weighted by Crippen LogP contribution is 1.98. The molecule has 1 heterocycles. The molecule has 2 N–H and O–H groups in total. The molecular weight excluding hydrogens is 228 g/mol. The number of hydrogen-bond acceptors (Lipinski definition) is 3. The summed E-state index contributed by atoms with van der Waals surface area (Å²) in [5.41, 5.74) is 3.97. The zero-order valence-electron chi connectivity index (χ0n) is 10.7. The Morgan fingerprint density at radius 2 is 1.83 bits per heavy atom. The number of urea groups is 1. The van der Waals surface area contributed by atoms with Crippen molar-refractivity contribution in [1.29, 1.82) is 0 Å². The number of nitrogens with zero attached hydrogens (tertiary/aromatic N) is 2. The first kappa shape index (κ1) is 12.9. The van der Waals surface area contributed by atoms with E-state index < -0.39 is 0 Å². The Kier molecular flexibility index (Phi) is 4.55. The van der Waals surface area contributed by atoms with Crippen LogP contribution in [0.15, 0.2) is 30.3 Å². The van der Waals surface area contributed by atoms with Crippen molar-refractivity contribution >= 4 is 6.03 Å². The van der Waals surface area contributed by atoms with Gasteiger partial charge in [0.2, 0.25) is 0 Å². The number of piperazine rings is 1. The number of hydrazine groups is 1. The highest BCUT2D eigenvalue weighted by atomic mass is 16.2. The van der Waals surface area contributed by atoms with E-state index in [0.717, 1.165) is 31.7 Å². The lowest BCUT2D eigenvalue weighted by molar-refractivity contribution is 0.112. The molecule has 0 radical (unpaired) electrons. The maximum absolute atomic E-state index is 11.7. The molecule has 1 fully saturated rings. The van der Waals surface area contributed by atoms with Gasteiger partial charge in [-0.3, -0.25) is 5.43 Å². The molecule has 0 atom stereocenters. The van der Waals surface area contributed by atoms with Gasteiger partial charge >= 0.3 is 6.03 Å². The molecule has 0 saturated carbocycles. The summed E-state index contributed by atoms with van der Waals surface area (Å²) < 4.78 is 0. The van der Waals surface area contributed by atoms with Crippen molar-refractivity contribution in [2.24, 2.45) is 0 Å². The summed E-state index contributed by atoms with van der Waals surface area (Å²) in [4.78, 5) is 13.9. The molecule has 2 amide bonds. The van der Waals surface area contributed by atoms with Crippen molar-refractivity contribution in [3.05, 3.63) is 35.9 Å². The first-order valence-corrected chi connectivity index (χ1v) is 6.26. The lowest BCUT2D eigenvalue weighted by atomic mass is 10.2. The van der Waals surface area contributed by atoms with E-state index >= 15 is 0 Å². The van der Waals surface area contributed by atoms with Crippen LogP contribution in [0.4, 0.5) is 4.79 Å². The number of benzene rings is 1. The Morgan fingerprint density at radius 3 is 2.50 bits per heavy atom. The Labute approximate surface area is 108 Å². The molecule has 98 valence electrons. The predicted octanol–water partition coefficient (Wildman–Crippen LogP) is 0.648. The van der Waals surface area contributed by atoms with Crippen LogP contribution in [0.2, 0.25) is 0 Å². The molecule has 18 heavy (non-hydrogen) atoms. The molecule has 0 unspecified atom stereocenters. The Morgan fingerprint density at radius 1 is 1.17 bits per heavy atom. The Balaban J connectivity index is 1.69. The minimum atomic E-state index is -0.136. The molecule has 0 spiro atoms. The van der Waals surface area contributed by atoms with Gasteiger partial charge < -0.3 is 10.2 Å². The van der Waals surface area contributed by atoms with Gasteiger partial charge in [0.25, 0.3) is 0 Å². The van der Waals surface area contributed by atoms with Crippen LogP contribution in [0.25, 0.3) is 0 Å². The van der Waals surface area contributed by atoms with E-state index in [2.05, 4.69) is 22.7 Å². The Hall–Kier alpha value is -1.59. The molecule has 0 aliphatic carbocycles. The minimum absolute atomic E-state index is 0.136.